The number of fused-ring (bicyclic) bond motifs is 10. The maximum atomic E-state index is 12.1. The Labute approximate surface area is 403 Å². The van der Waals surface area contributed by atoms with Crippen molar-refractivity contribution in [3.63, 3.8) is 0 Å². The molecule has 0 aromatic heterocycles. The Morgan fingerprint density at radius 3 is 1.32 bits per heavy atom. The van der Waals surface area contributed by atoms with Crippen LogP contribution in [0, 0.1) is 128 Å². The van der Waals surface area contributed by atoms with Crippen molar-refractivity contribution in [1.29, 1.82) is 0 Å². The van der Waals surface area contributed by atoms with Crippen LogP contribution in [0.1, 0.15) is 173 Å². The van der Waals surface area contributed by atoms with Crippen molar-refractivity contribution in [3.05, 3.63) is 0 Å². The fourth-order valence-corrected chi connectivity index (χ4v) is 22.5. The minimum Gasteiger partial charge on any atom is -0.481 e. The molecule has 8 fully saturated rings. The van der Waals surface area contributed by atoms with Gasteiger partial charge in [0, 0.05) is 6.61 Å². The first-order valence-electron chi connectivity index (χ1n) is 28.3. The van der Waals surface area contributed by atoms with Crippen molar-refractivity contribution in [2.75, 3.05) is 6.61 Å². The van der Waals surface area contributed by atoms with Gasteiger partial charge in [-0.15, -0.1) is 0 Å². The van der Waals surface area contributed by atoms with Gasteiger partial charge in [-0.25, -0.2) is 0 Å². The summed E-state index contributed by atoms with van der Waals surface area (Å²) in [5, 5.41) is 20.1. The number of hydrogen-bond donors (Lipinski definition) is 2. The summed E-state index contributed by atoms with van der Waals surface area (Å²) in [6.07, 6.45) is 19.3. The van der Waals surface area contributed by atoms with Crippen molar-refractivity contribution < 1.29 is 23.9 Å². The Balaban J connectivity index is 0.000000194. The second-order valence-electron chi connectivity index (χ2n) is 28.8. The largest absolute Gasteiger partial charge is 0.481 e. The minimum absolute atomic E-state index is 0.115. The summed E-state index contributed by atoms with van der Waals surface area (Å²) in [5.74, 6) is 10.8. The molecule has 376 valence electrons. The van der Waals surface area contributed by atoms with E-state index in [1.807, 2.05) is 6.92 Å². The molecule has 0 radical (unpaired) electrons. The molecular weight excluding hydrogens is 833 g/mol. The van der Waals surface area contributed by atoms with Crippen LogP contribution < -0.4 is 0 Å². The molecule has 0 spiro atoms. The Bertz CT molecular complexity index is 1660. The molecule has 65 heavy (non-hydrogen) atoms. The zero-order valence-corrected chi connectivity index (χ0v) is 47.8. The number of aliphatic carboxylic acids is 1. The Morgan fingerprint density at radius 2 is 0.969 bits per heavy atom. The molecule has 0 aliphatic heterocycles. The molecule has 0 bridgehead atoms. The number of carbonyl (C=O) groups is 1. The highest BCUT2D eigenvalue weighted by atomic mass is 28.4. The lowest BCUT2D eigenvalue weighted by atomic mass is 9.39. The summed E-state index contributed by atoms with van der Waals surface area (Å²) < 4.78 is 14.5. The number of carboxylic acid groups (broad SMARTS) is 1. The highest BCUT2D eigenvalue weighted by Gasteiger charge is 2.69. The van der Waals surface area contributed by atoms with E-state index in [0.29, 0.717) is 76.5 Å². The second kappa shape index (κ2) is 18.8. The summed E-state index contributed by atoms with van der Waals surface area (Å²) >= 11 is 0. The van der Waals surface area contributed by atoms with Gasteiger partial charge in [0.2, 0.25) is 0 Å². The third kappa shape index (κ3) is 8.86. The van der Waals surface area contributed by atoms with Crippen molar-refractivity contribution >= 4 is 22.6 Å². The molecule has 0 amide bonds. The first kappa shape index (κ1) is 52.6. The first-order valence-corrected chi connectivity index (χ1v) is 35.1. The molecule has 0 unspecified atom stereocenters. The fourth-order valence-electron chi connectivity index (χ4n) is 20.2. The Kier molecular flexibility index (Phi) is 15.2. The van der Waals surface area contributed by atoms with E-state index in [9.17, 15) is 15.0 Å². The van der Waals surface area contributed by atoms with Crippen LogP contribution in [0.4, 0.5) is 0 Å². The predicted molar refractivity (Wildman–Crippen MR) is 276 cm³/mol. The summed E-state index contributed by atoms with van der Waals surface area (Å²) in [5.41, 5.74) is 1.38. The maximum Gasteiger partial charge on any atom is 0.306 e. The van der Waals surface area contributed by atoms with Gasteiger partial charge in [0.05, 0.1) is 18.1 Å². The van der Waals surface area contributed by atoms with Gasteiger partial charge in [0.1, 0.15) is 0 Å². The highest BCUT2D eigenvalue weighted by molar-refractivity contribution is 6.70. The summed E-state index contributed by atoms with van der Waals surface area (Å²) in [4.78, 5) is 12.1. The molecule has 0 aromatic rings. The van der Waals surface area contributed by atoms with E-state index < -0.39 is 22.6 Å². The fraction of sp³-hybridized carbons (Fsp3) is 0.983. The van der Waals surface area contributed by atoms with E-state index in [-0.39, 0.29) is 11.3 Å². The van der Waals surface area contributed by atoms with Gasteiger partial charge < -0.3 is 19.1 Å². The van der Waals surface area contributed by atoms with Crippen molar-refractivity contribution in [2.24, 2.45) is 128 Å². The van der Waals surface area contributed by atoms with E-state index >= 15 is 0 Å². The lowest BCUT2D eigenvalue weighted by molar-refractivity contribution is -0.207. The number of aliphatic hydroxyl groups excluding tert-OH is 1. The molecule has 24 atom stereocenters. The quantitative estimate of drug-likeness (QED) is 0.213. The summed E-state index contributed by atoms with van der Waals surface area (Å²) in [6, 6.07) is 0. The van der Waals surface area contributed by atoms with Gasteiger partial charge in [-0.05, 0) is 226 Å². The number of hydrogen-bond acceptors (Lipinski definition) is 4. The van der Waals surface area contributed by atoms with Gasteiger partial charge in [0.15, 0.2) is 16.6 Å². The predicted octanol–water partition coefficient (Wildman–Crippen LogP) is 15.3. The van der Waals surface area contributed by atoms with E-state index in [1.165, 1.54) is 83.5 Å². The molecule has 7 heteroatoms. The van der Waals surface area contributed by atoms with Gasteiger partial charge >= 0.3 is 5.97 Å². The third-order valence-corrected chi connectivity index (χ3v) is 25.5. The topological polar surface area (TPSA) is 76.0 Å². The number of aliphatic hydroxyl groups is 1. The van der Waals surface area contributed by atoms with Crippen LogP contribution in [-0.4, -0.2) is 51.6 Å². The van der Waals surface area contributed by atoms with Gasteiger partial charge in [-0.1, -0.05) is 109 Å². The SMILES string of the molecule is CC[C@H]1[C@@H](O[Si](C)(C)C)[C@@H]2[C@H](C[C@H](C)[C@]3(C)[C@@H]([C@H](C)C(=O)O)CC[C@@H]23)[C@@]2(C)CC[C@@H](C)C[C@@H]12.CC[C@H]1[C@@H](O[Si](C)(C)C)[C@@H]2[C@H](C[C@H](C)[C@]3(C)[C@@H]([C@H](C)CO)CC[C@@H]23)[C@@]2(C)CC[C@@H](C)C[C@@H]12. The molecule has 0 aromatic carbocycles. The molecule has 8 aliphatic carbocycles. The summed E-state index contributed by atoms with van der Waals surface area (Å²) in [7, 11) is -3.36. The normalized spacial score (nSPS) is 51.4. The lowest BCUT2D eigenvalue weighted by Gasteiger charge is -2.67. The zero-order chi connectivity index (χ0) is 48.1. The molecule has 5 nitrogen and oxygen atoms in total. The van der Waals surface area contributed by atoms with Crippen LogP contribution in [0.15, 0.2) is 0 Å². The van der Waals surface area contributed by atoms with Gasteiger partial charge in [-0.2, -0.15) is 0 Å². The van der Waals surface area contributed by atoms with Gasteiger partial charge in [-0.3, -0.25) is 4.79 Å². The third-order valence-electron chi connectivity index (χ3n) is 23.5. The van der Waals surface area contributed by atoms with Crippen LogP contribution in [0.25, 0.3) is 0 Å². The molecule has 2 N–H and O–H groups in total. The van der Waals surface area contributed by atoms with E-state index in [1.54, 1.807) is 0 Å². The summed E-state index contributed by atoms with van der Waals surface area (Å²) in [6.45, 7) is 44.4. The molecule has 8 rings (SSSR count). The van der Waals surface area contributed by atoms with Crippen LogP contribution in [-0.2, 0) is 13.6 Å². The van der Waals surface area contributed by atoms with Crippen molar-refractivity contribution in [2.45, 2.75) is 224 Å². The molecule has 8 aliphatic rings. The van der Waals surface area contributed by atoms with Crippen LogP contribution in [0.2, 0.25) is 39.3 Å². The maximum absolute atomic E-state index is 12.1. The Morgan fingerprint density at radius 1 is 0.585 bits per heavy atom. The zero-order valence-electron chi connectivity index (χ0n) is 45.8. The average molecular weight is 940 g/mol. The van der Waals surface area contributed by atoms with Crippen LogP contribution in [0.5, 0.6) is 0 Å². The number of rotatable bonds is 10. The Hall–Kier alpha value is -0.216. The first-order chi connectivity index (χ1) is 30.1. The monoisotopic (exact) mass is 939 g/mol. The van der Waals surface area contributed by atoms with Crippen molar-refractivity contribution in [3.8, 4) is 0 Å². The standard InChI is InChI=1S/C29H52O3Si.C29H54O2Si/c1-10-20-23-15-17(2)13-14-28(23,5)24-16-18(3)29(6)21(19(4)27(30)31)11-12-22(29)25(24)26(20)32-33(7,8)9;1-10-21-24-15-18(2)13-14-28(24,5)25-16-20(4)29(6)22(19(3)17-30)11-12-23(29)26(25)27(21)31-32(7,8)9/h17-26H,10-16H2,1-9H3,(H,30,31);18-27,30H,10-17H2,1-9H3/t17-,18+,19+,20-,21-,22+,23+,24+,25+,26-,28+,29-;18-,19-,20+,21-,22-,23+,24+,25+,26+,27-,28+,29-/m11/s1. The molecule has 0 heterocycles. The molecule has 0 saturated heterocycles. The second-order valence-corrected chi connectivity index (χ2v) is 37.7. The van der Waals surface area contributed by atoms with E-state index in [0.717, 1.165) is 65.6 Å². The van der Waals surface area contributed by atoms with E-state index in [4.69, 9.17) is 8.85 Å². The molecule has 8 saturated carbocycles. The lowest BCUT2D eigenvalue weighted by Crippen LogP contribution is -2.64. The average Bonchev–Trinajstić information content (AvgIpc) is 3.77. The van der Waals surface area contributed by atoms with E-state index in [2.05, 4.69) is 115 Å². The van der Waals surface area contributed by atoms with Crippen LogP contribution in [0.3, 0.4) is 0 Å². The van der Waals surface area contributed by atoms with Crippen LogP contribution >= 0.6 is 0 Å². The molecular formula is C58H106O5Si2. The smallest absolute Gasteiger partial charge is 0.306 e. The van der Waals surface area contributed by atoms with Gasteiger partial charge in [0.25, 0.3) is 0 Å². The highest BCUT2D eigenvalue weighted by Crippen LogP contribution is 2.73. The minimum atomic E-state index is -1.71. The van der Waals surface area contributed by atoms with Crippen molar-refractivity contribution in [1.82, 2.24) is 0 Å². The number of carboxylic acids is 1.